The minimum absolute atomic E-state index is 0.273. The van der Waals surface area contributed by atoms with E-state index in [2.05, 4.69) is 4.98 Å². The largest absolute Gasteiger partial charge is 0.384 e. The zero-order chi connectivity index (χ0) is 9.97. The van der Waals surface area contributed by atoms with Gasteiger partial charge < -0.3 is 14.6 Å². The maximum absolute atomic E-state index is 9.90. The van der Waals surface area contributed by atoms with E-state index in [4.69, 9.17) is 9.47 Å². The normalized spacial score (nSPS) is 24.9. The molecular formula is C9H13NO3S. The number of aliphatic hydroxyl groups excluding tert-OH is 1. The number of hydrogen-bond acceptors (Lipinski definition) is 5. The fraction of sp³-hybridized carbons (Fsp3) is 0.667. The van der Waals surface area contributed by atoms with E-state index in [0.29, 0.717) is 25.5 Å². The highest BCUT2D eigenvalue weighted by Gasteiger charge is 2.26. The van der Waals surface area contributed by atoms with E-state index in [1.807, 2.05) is 12.3 Å². The van der Waals surface area contributed by atoms with Crippen molar-refractivity contribution in [1.82, 2.24) is 4.98 Å². The van der Waals surface area contributed by atoms with E-state index < -0.39 is 6.10 Å². The number of aliphatic hydroxyl groups is 1. The van der Waals surface area contributed by atoms with Crippen LogP contribution in [0, 0.1) is 6.92 Å². The molecule has 2 unspecified atom stereocenters. The highest BCUT2D eigenvalue weighted by Crippen LogP contribution is 2.22. The quantitative estimate of drug-likeness (QED) is 0.796. The third-order valence-corrected chi connectivity index (χ3v) is 2.93. The van der Waals surface area contributed by atoms with Crippen molar-refractivity contribution in [1.29, 1.82) is 0 Å². The van der Waals surface area contributed by atoms with Crippen molar-refractivity contribution in [3.8, 4) is 0 Å². The summed E-state index contributed by atoms with van der Waals surface area (Å²) in [5.41, 5.74) is 0.683. The maximum atomic E-state index is 9.90. The zero-order valence-electron chi connectivity index (χ0n) is 7.97. The van der Waals surface area contributed by atoms with E-state index in [1.54, 1.807) is 0 Å². The first-order valence-electron chi connectivity index (χ1n) is 4.57. The van der Waals surface area contributed by atoms with Crippen LogP contribution in [0.25, 0.3) is 0 Å². The SMILES string of the molecule is Cc1nc(C(O)C2COCCO2)cs1. The molecule has 5 heteroatoms. The predicted molar refractivity (Wildman–Crippen MR) is 52.4 cm³/mol. The summed E-state index contributed by atoms with van der Waals surface area (Å²) in [5.74, 6) is 0. The van der Waals surface area contributed by atoms with Crippen LogP contribution in [0.1, 0.15) is 16.8 Å². The molecule has 1 fully saturated rings. The molecule has 2 rings (SSSR count). The van der Waals surface area contributed by atoms with E-state index in [1.165, 1.54) is 11.3 Å². The molecule has 0 radical (unpaired) electrons. The van der Waals surface area contributed by atoms with Gasteiger partial charge in [0.1, 0.15) is 12.2 Å². The number of ether oxygens (including phenoxy) is 2. The Morgan fingerprint density at radius 3 is 3.07 bits per heavy atom. The molecule has 1 aliphatic rings. The molecule has 1 aromatic rings. The summed E-state index contributed by atoms with van der Waals surface area (Å²) in [4.78, 5) is 4.22. The summed E-state index contributed by atoms with van der Waals surface area (Å²) in [5, 5.41) is 12.7. The van der Waals surface area contributed by atoms with Crippen molar-refractivity contribution in [3.63, 3.8) is 0 Å². The molecule has 2 heterocycles. The first kappa shape index (κ1) is 10.0. The van der Waals surface area contributed by atoms with Crippen LogP contribution in [0.3, 0.4) is 0 Å². The highest BCUT2D eigenvalue weighted by atomic mass is 32.1. The number of nitrogens with zero attached hydrogens (tertiary/aromatic N) is 1. The van der Waals surface area contributed by atoms with Gasteiger partial charge in [-0.2, -0.15) is 0 Å². The second-order valence-electron chi connectivity index (χ2n) is 3.22. The Labute approximate surface area is 86.5 Å². The second kappa shape index (κ2) is 4.35. The monoisotopic (exact) mass is 215 g/mol. The molecule has 2 atom stereocenters. The lowest BCUT2D eigenvalue weighted by molar-refractivity contribution is -0.134. The van der Waals surface area contributed by atoms with Gasteiger partial charge in [-0.25, -0.2) is 4.98 Å². The van der Waals surface area contributed by atoms with E-state index in [-0.39, 0.29) is 6.10 Å². The van der Waals surface area contributed by atoms with Gasteiger partial charge in [-0.1, -0.05) is 0 Å². The van der Waals surface area contributed by atoms with Crippen LogP contribution >= 0.6 is 11.3 Å². The molecular weight excluding hydrogens is 202 g/mol. The predicted octanol–water partition coefficient (Wildman–Crippen LogP) is 0.900. The Morgan fingerprint density at radius 1 is 1.64 bits per heavy atom. The number of aryl methyl sites for hydroxylation is 1. The van der Waals surface area contributed by atoms with Crippen molar-refractivity contribution in [2.24, 2.45) is 0 Å². The molecule has 1 saturated heterocycles. The summed E-state index contributed by atoms with van der Waals surface area (Å²) in [6.45, 7) is 3.51. The Kier molecular flexibility index (Phi) is 3.12. The second-order valence-corrected chi connectivity index (χ2v) is 4.28. The molecule has 1 aromatic heterocycles. The molecule has 0 aromatic carbocycles. The smallest absolute Gasteiger partial charge is 0.125 e. The Balaban J connectivity index is 2.03. The molecule has 1 aliphatic heterocycles. The van der Waals surface area contributed by atoms with Crippen molar-refractivity contribution in [2.75, 3.05) is 19.8 Å². The van der Waals surface area contributed by atoms with Crippen LogP contribution in [-0.4, -0.2) is 36.0 Å². The molecule has 1 N–H and O–H groups in total. The van der Waals surface area contributed by atoms with Crippen molar-refractivity contribution >= 4 is 11.3 Å². The summed E-state index contributed by atoms with van der Waals surface area (Å²) >= 11 is 1.53. The van der Waals surface area contributed by atoms with Gasteiger partial charge in [0.05, 0.1) is 30.5 Å². The van der Waals surface area contributed by atoms with Crippen LogP contribution < -0.4 is 0 Å². The fourth-order valence-corrected chi connectivity index (χ4v) is 2.04. The molecule has 4 nitrogen and oxygen atoms in total. The van der Waals surface area contributed by atoms with E-state index in [9.17, 15) is 5.11 Å². The summed E-state index contributed by atoms with van der Waals surface area (Å²) in [7, 11) is 0. The van der Waals surface area contributed by atoms with Gasteiger partial charge >= 0.3 is 0 Å². The molecule has 0 aliphatic carbocycles. The molecule has 0 bridgehead atoms. The fourth-order valence-electron chi connectivity index (χ4n) is 1.39. The van der Waals surface area contributed by atoms with E-state index in [0.717, 1.165) is 5.01 Å². The lowest BCUT2D eigenvalue weighted by Gasteiger charge is -2.26. The molecule has 0 amide bonds. The molecule has 0 spiro atoms. The third-order valence-electron chi connectivity index (χ3n) is 2.13. The maximum Gasteiger partial charge on any atom is 0.125 e. The van der Waals surface area contributed by atoms with Gasteiger partial charge in [0.25, 0.3) is 0 Å². The number of thiazole rings is 1. The molecule has 78 valence electrons. The number of rotatable bonds is 2. The average Bonchev–Trinajstić information content (AvgIpc) is 2.65. The molecule has 0 saturated carbocycles. The van der Waals surface area contributed by atoms with Gasteiger partial charge in [-0.15, -0.1) is 11.3 Å². The van der Waals surface area contributed by atoms with Crippen LogP contribution in [0.2, 0.25) is 0 Å². The van der Waals surface area contributed by atoms with Gasteiger partial charge in [0.15, 0.2) is 0 Å². The van der Waals surface area contributed by atoms with E-state index >= 15 is 0 Å². The Bertz CT molecular complexity index is 296. The lowest BCUT2D eigenvalue weighted by atomic mass is 10.1. The summed E-state index contributed by atoms with van der Waals surface area (Å²) in [6.07, 6.45) is -0.939. The zero-order valence-corrected chi connectivity index (χ0v) is 8.79. The van der Waals surface area contributed by atoms with Crippen LogP contribution in [0.15, 0.2) is 5.38 Å². The third kappa shape index (κ3) is 2.12. The summed E-state index contributed by atoms with van der Waals surface area (Å²) < 4.78 is 10.6. The number of aromatic nitrogens is 1. The van der Waals surface area contributed by atoms with Crippen molar-refractivity contribution < 1.29 is 14.6 Å². The minimum Gasteiger partial charge on any atom is -0.384 e. The lowest BCUT2D eigenvalue weighted by Crippen LogP contribution is -2.33. The topological polar surface area (TPSA) is 51.6 Å². The van der Waals surface area contributed by atoms with Gasteiger partial charge in [0, 0.05) is 5.38 Å². The van der Waals surface area contributed by atoms with Crippen LogP contribution in [0.5, 0.6) is 0 Å². The number of hydrogen-bond donors (Lipinski definition) is 1. The van der Waals surface area contributed by atoms with Gasteiger partial charge in [-0.3, -0.25) is 0 Å². The van der Waals surface area contributed by atoms with Gasteiger partial charge in [-0.05, 0) is 6.92 Å². The van der Waals surface area contributed by atoms with Crippen LogP contribution in [-0.2, 0) is 9.47 Å². The Hall–Kier alpha value is -0.490. The average molecular weight is 215 g/mol. The Morgan fingerprint density at radius 2 is 2.50 bits per heavy atom. The molecule has 14 heavy (non-hydrogen) atoms. The first-order chi connectivity index (χ1) is 6.77. The van der Waals surface area contributed by atoms with Crippen molar-refractivity contribution in [2.45, 2.75) is 19.1 Å². The first-order valence-corrected chi connectivity index (χ1v) is 5.45. The van der Waals surface area contributed by atoms with Gasteiger partial charge in [0.2, 0.25) is 0 Å². The van der Waals surface area contributed by atoms with Crippen LogP contribution in [0.4, 0.5) is 0 Å². The highest BCUT2D eigenvalue weighted by molar-refractivity contribution is 7.09. The minimum atomic E-state index is -0.666. The van der Waals surface area contributed by atoms with Crippen molar-refractivity contribution in [3.05, 3.63) is 16.1 Å². The summed E-state index contributed by atoms with van der Waals surface area (Å²) in [6, 6.07) is 0. The standard InChI is InChI=1S/C9H13NO3S/c1-6-10-7(5-14-6)9(11)8-4-12-2-3-13-8/h5,8-9,11H,2-4H2,1H3.